The van der Waals surface area contributed by atoms with Crippen LogP contribution in [0, 0.1) is 0 Å². The highest BCUT2D eigenvalue weighted by Crippen LogP contribution is 2.26. The second-order valence-electron chi connectivity index (χ2n) is 4.99. The minimum atomic E-state index is -1.12. The second-order valence-corrected chi connectivity index (χ2v) is 4.99. The first-order chi connectivity index (χ1) is 10.1. The quantitative estimate of drug-likeness (QED) is 0.691. The third-order valence-electron chi connectivity index (χ3n) is 3.39. The number of hydrogen-bond donors (Lipinski definition) is 2. The average molecular weight is 295 g/mol. The number of likely N-dealkylation sites (N-methyl/N-ethyl adjacent to an activating group) is 1. The minimum Gasteiger partial charge on any atom is -0.480 e. The van der Waals surface area contributed by atoms with E-state index in [1.54, 1.807) is 7.11 Å². The Hall–Kier alpha value is -1.43. The van der Waals surface area contributed by atoms with Crippen molar-refractivity contribution in [1.29, 1.82) is 0 Å². The SMILES string of the molecule is CCNC(CCOC(C)COC)(C(=O)O)c1ccccc1. The van der Waals surface area contributed by atoms with Gasteiger partial charge in [-0.1, -0.05) is 37.3 Å². The van der Waals surface area contributed by atoms with Crippen molar-refractivity contribution in [2.45, 2.75) is 31.9 Å². The van der Waals surface area contributed by atoms with Gasteiger partial charge in [0.1, 0.15) is 5.54 Å². The van der Waals surface area contributed by atoms with Gasteiger partial charge in [0.05, 0.1) is 12.7 Å². The number of rotatable bonds is 10. The van der Waals surface area contributed by atoms with E-state index in [4.69, 9.17) is 9.47 Å². The van der Waals surface area contributed by atoms with Gasteiger partial charge in [0.15, 0.2) is 0 Å². The molecule has 0 saturated carbocycles. The minimum absolute atomic E-state index is 0.0566. The molecule has 2 N–H and O–H groups in total. The first-order valence-corrected chi connectivity index (χ1v) is 7.21. The van der Waals surface area contributed by atoms with Gasteiger partial charge in [0.25, 0.3) is 0 Å². The fraction of sp³-hybridized carbons (Fsp3) is 0.562. The van der Waals surface area contributed by atoms with Crippen LogP contribution in [0.2, 0.25) is 0 Å². The number of carbonyl (C=O) groups is 1. The van der Waals surface area contributed by atoms with Crippen LogP contribution >= 0.6 is 0 Å². The first-order valence-electron chi connectivity index (χ1n) is 7.21. The molecule has 0 aliphatic heterocycles. The van der Waals surface area contributed by atoms with E-state index < -0.39 is 11.5 Å². The number of methoxy groups -OCH3 is 1. The highest BCUT2D eigenvalue weighted by atomic mass is 16.5. The molecular formula is C16H25NO4. The first kappa shape index (κ1) is 17.6. The Kier molecular flexibility index (Phi) is 7.36. The molecule has 0 aliphatic carbocycles. The van der Waals surface area contributed by atoms with Crippen LogP contribution in [0.5, 0.6) is 0 Å². The van der Waals surface area contributed by atoms with E-state index in [0.29, 0.717) is 26.2 Å². The topological polar surface area (TPSA) is 67.8 Å². The smallest absolute Gasteiger partial charge is 0.328 e. The summed E-state index contributed by atoms with van der Waals surface area (Å²) in [6.45, 7) is 5.21. The summed E-state index contributed by atoms with van der Waals surface area (Å²) in [5.41, 5.74) is -0.384. The molecule has 1 aromatic rings. The van der Waals surface area contributed by atoms with E-state index >= 15 is 0 Å². The van der Waals surface area contributed by atoms with E-state index in [2.05, 4.69) is 5.32 Å². The van der Waals surface area contributed by atoms with Crippen molar-refractivity contribution in [2.24, 2.45) is 0 Å². The third-order valence-corrected chi connectivity index (χ3v) is 3.39. The van der Waals surface area contributed by atoms with E-state index in [1.165, 1.54) is 0 Å². The summed E-state index contributed by atoms with van der Waals surface area (Å²) in [7, 11) is 1.62. The molecule has 2 atom stereocenters. The maximum absolute atomic E-state index is 11.9. The third kappa shape index (κ3) is 4.81. The monoisotopic (exact) mass is 295 g/mol. The summed E-state index contributed by atoms with van der Waals surface area (Å²) in [6, 6.07) is 9.22. The van der Waals surface area contributed by atoms with Gasteiger partial charge in [-0.3, -0.25) is 5.32 Å². The molecule has 0 fully saturated rings. The molecule has 118 valence electrons. The lowest BCUT2D eigenvalue weighted by atomic mass is 9.86. The van der Waals surface area contributed by atoms with Crippen molar-refractivity contribution in [3.8, 4) is 0 Å². The standard InChI is InChI=1S/C16H25NO4/c1-4-17-16(15(18)19,14-8-6-5-7-9-14)10-11-21-13(2)12-20-3/h5-9,13,17H,4,10-12H2,1-3H3,(H,18,19). The molecule has 5 nitrogen and oxygen atoms in total. The van der Waals surface area contributed by atoms with Crippen LogP contribution in [0.4, 0.5) is 0 Å². The Balaban J connectivity index is 2.84. The molecule has 0 spiro atoms. The molecule has 0 aromatic heterocycles. The summed E-state index contributed by atoms with van der Waals surface area (Å²) >= 11 is 0. The van der Waals surface area contributed by atoms with Crippen molar-refractivity contribution in [3.05, 3.63) is 35.9 Å². The van der Waals surface area contributed by atoms with Gasteiger partial charge in [0.2, 0.25) is 0 Å². The summed E-state index contributed by atoms with van der Waals surface area (Å²) in [4.78, 5) is 11.9. The molecule has 5 heteroatoms. The summed E-state index contributed by atoms with van der Waals surface area (Å²) in [5.74, 6) is -0.890. The summed E-state index contributed by atoms with van der Waals surface area (Å²) < 4.78 is 10.6. The zero-order chi connectivity index (χ0) is 15.7. The van der Waals surface area contributed by atoms with Crippen molar-refractivity contribution < 1.29 is 19.4 Å². The summed E-state index contributed by atoms with van der Waals surface area (Å²) in [6.07, 6.45) is 0.299. The fourth-order valence-corrected chi connectivity index (χ4v) is 2.36. The lowest BCUT2D eigenvalue weighted by molar-refractivity contribution is -0.146. The number of aliphatic carboxylic acids is 1. The lowest BCUT2D eigenvalue weighted by Gasteiger charge is -2.31. The highest BCUT2D eigenvalue weighted by Gasteiger charge is 2.39. The van der Waals surface area contributed by atoms with Gasteiger partial charge in [-0.15, -0.1) is 0 Å². The molecule has 0 saturated heterocycles. The van der Waals surface area contributed by atoms with E-state index in [0.717, 1.165) is 5.56 Å². The fourth-order valence-electron chi connectivity index (χ4n) is 2.36. The van der Waals surface area contributed by atoms with Gasteiger partial charge < -0.3 is 14.6 Å². The number of ether oxygens (including phenoxy) is 2. The van der Waals surface area contributed by atoms with Crippen LogP contribution in [0.15, 0.2) is 30.3 Å². The van der Waals surface area contributed by atoms with Crippen molar-refractivity contribution in [3.63, 3.8) is 0 Å². The molecule has 0 radical (unpaired) electrons. The Labute approximate surface area is 126 Å². The molecule has 0 amide bonds. The van der Waals surface area contributed by atoms with Crippen molar-refractivity contribution in [1.82, 2.24) is 5.32 Å². The number of nitrogens with one attached hydrogen (secondary N) is 1. The van der Waals surface area contributed by atoms with E-state index in [9.17, 15) is 9.90 Å². The molecule has 21 heavy (non-hydrogen) atoms. The molecule has 1 rings (SSSR count). The predicted octanol–water partition coefficient (Wildman–Crippen LogP) is 2.02. The maximum atomic E-state index is 11.9. The van der Waals surface area contributed by atoms with Gasteiger partial charge in [-0.05, 0) is 19.0 Å². The average Bonchev–Trinajstić information content (AvgIpc) is 2.47. The normalized spacial score (nSPS) is 15.4. The van der Waals surface area contributed by atoms with Crippen LogP contribution in [0.25, 0.3) is 0 Å². The Morgan fingerprint density at radius 3 is 2.57 bits per heavy atom. The Bertz CT molecular complexity index is 424. The molecular weight excluding hydrogens is 270 g/mol. The van der Waals surface area contributed by atoms with E-state index in [1.807, 2.05) is 44.2 Å². The van der Waals surface area contributed by atoms with Gasteiger partial charge in [-0.25, -0.2) is 4.79 Å². The zero-order valence-corrected chi connectivity index (χ0v) is 13.0. The van der Waals surface area contributed by atoms with Gasteiger partial charge in [-0.2, -0.15) is 0 Å². The van der Waals surface area contributed by atoms with Gasteiger partial charge >= 0.3 is 5.97 Å². The van der Waals surface area contributed by atoms with Crippen LogP contribution in [-0.2, 0) is 19.8 Å². The van der Waals surface area contributed by atoms with Crippen molar-refractivity contribution in [2.75, 3.05) is 26.9 Å². The van der Waals surface area contributed by atoms with Crippen molar-refractivity contribution >= 4 is 5.97 Å². The lowest BCUT2D eigenvalue weighted by Crippen LogP contribution is -2.50. The van der Waals surface area contributed by atoms with Gasteiger partial charge in [0, 0.05) is 20.1 Å². The van der Waals surface area contributed by atoms with Crippen LogP contribution in [-0.4, -0.2) is 44.0 Å². The Morgan fingerprint density at radius 2 is 2.05 bits per heavy atom. The Morgan fingerprint density at radius 1 is 1.38 bits per heavy atom. The predicted molar refractivity (Wildman–Crippen MR) is 81.3 cm³/mol. The molecule has 2 unspecified atom stereocenters. The highest BCUT2D eigenvalue weighted by molar-refractivity contribution is 5.80. The van der Waals surface area contributed by atoms with Crippen LogP contribution in [0.1, 0.15) is 25.8 Å². The zero-order valence-electron chi connectivity index (χ0n) is 13.0. The van der Waals surface area contributed by atoms with E-state index in [-0.39, 0.29) is 6.10 Å². The van der Waals surface area contributed by atoms with Crippen LogP contribution < -0.4 is 5.32 Å². The number of carboxylic acid groups (broad SMARTS) is 1. The maximum Gasteiger partial charge on any atom is 0.328 e. The summed E-state index contributed by atoms with van der Waals surface area (Å²) in [5, 5.41) is 12.8. The number of benzene rings is 1. The van der Waals surface area contributed by atoms with Crippen LogP contribution in [0.3, 0.4) is 0 Å². The molecule has 0 aliphatic rings. The molecule has 0 heterocycles. The number of hydrogen-bond acceptors (Lipinski definition) is 4. The second kappa shape index (κ2) is 8.77. The molecule has 1 aromatic carbocycles. The molecule has 0 bridgehead atoms. The number of carboxylic acids is 1. The largest absolute Gasteiger partial charge is 0.480 e.